The lowest BCUT2D eigenvalue weighted by molar-refractivity contribution is 0.528. The largest absolute Gasteiger partial charge is 0.419 e. The molecule has 18 heavy (non-hydrogen) atoms. The maximum absolute atomic E-state index is 11.4. The molecule has 0 aliphatic rings. The maximum Gasteiger partial charge on any atom is 0.419 e. The van der Waals surface area contributed by atoms with Crippen molar-refractivity contribution in [2.75, 3.05) is 6.54 Å². The van der Waals surface area contributed by atoms with E-state index in [1.165, 1.54) is 4.57 Å². The summed E-state index contributed by atoms with van der Waals surface area (Å²) in [5.41, 5.74) is 2.22. The van der Waals surface area contributed by atoms with Crippen LogP contribution in [0.2, 0.25) is 0 Å². The molecule has 96 valence electrons. The first-order valence-corrected chi connectivity index (χ1v) is 6.42. The van der Waals surface area contributed by atoms with Crippen LogP contribution in [0.4, 0.5) is 0 Å². The van der Waals surface area contributed by atoms with Crippen LogP contribution in [0.3, 0.4) is 0 Å². The minimum Gasteiger partial charge on any atom is -0.408 e. The van der Waals surface area contributed by atoms with Crippen LogP contribution >= 0.6 is 12.2 Å². The summed E-state index contributed by atoms with van der Waals surface area (Å²) in [5.74, 6) is -0.355. The van der Waals surface area contributed by atoms with E-state index in [1.807, 2.05) is 12.1 Å². The van der Waals surface area contributed by atoms with Crippen molar-refractivity contribution in [1.82, 2.24) is 9.88 Å². The Morgan fingerprint density at radius 2 is 2.28 bits per heavy atom. The number of rotatable bonds is 4. The Balaban J connectivity index is 2.24. The number of hydrogen-bond acceptors (Lipinski definition) is 3. The predicted molar refractivity (Wildman–Crippen MR) is 76.1 cm³/mol. The molecule has 0 bridgehead atoms. The highest BCUT2D eigenvalue weighted by atomic mass is 32.1. The van der Waals surface area contributed by atoms with Crippen LogP contribution in [0.15, 0.2) is 27.4 Å². The molecule has 0 fully saturated rings. The lowest BCUT2D eigenvalue weighted by Crippen LogP contribution is -2.23. The third-order valence-electron chi connectivity index (χ3n) is 2.87. The zero-order chi connectivity index (χ0) is 13.1. The molecule has 0 radical (unpaired) electrons. The highest BCUT2D eigenvalue weighted by Crippen LogP contribution is 2.14. The van der Waals surface area contributed by atoms with Crippen molar-refractivity contribution >= 4 is 28.3 Å². The molecule has 1 N–H and O–H groups in total. The molecule has 0 amide bonds. The van der Waals surface area contributed by atoms with Gasteiger partial charge in [-0.05, 0) is 24.6 Å². The molecule has 1 aromatic carbocycles. The van der Waals surface area contributed by atoms with Crippen molar-refractivity contribution in [2.45, 2.75) is 19.8 Å². The topological polar surface area (TPSA) is 47.2 Å². The first-order chi connectivity index (χ1) is 8.63. The molecule has 0 aliphatic carbocycles. The Morgan fingerprint density at radius 1 is 1.50 bits per heavy atom. The maximum atomic E-state index is 11.4. The summed E-state index contributed by atoms with van der Waals surface area (Å²) in [6.45, 7) is 3.00. The summed E-state index contributed by atoms with van der Waals surface area (Å²) in [5, 5.41) is 3.19. The second-order valence-electron chi connectivity index (χ2n) is 4.22. The van der Waals surface area contributed by atoms with Crippen molar-refractivity contribution in [3.05, 3.63) is 34.3 Å². The van der Waals surface area contributed by atoms with Gasteiger partial charge in [0.1, 0.15) is 4.99 Å². The Bertz CT molecular complexity index is 627. The Kier molecular flexibility index (Phi) is 3.81. The number of aryl methyl sites for hydroxylation is 1. The van der Waals surface area contributed by atoms with E-state index in [4.69, 9.17) is 16.6 Å². The molecule has 4 nitrogen and oxygen atoms in total. The Morgan fingerprint density at radius 3 is 3.00 bits per heavy atom. The highest BCUT2D eigenvalue weighted by molar-refractivity contribution is 7.80. The van der Waals surface area contributed by atoms with Gasteiger partial charge in [0.25, 0.3) is 0 Å². The standard InChI is InChI=1S/C13H16N2O2S/c1-3-4-7-14-12(18)9-5-6-10-11(8-9)17-13(16)15(10)2/h5-6,8H,3-4,7H2,1-2H3,(H,14,18). The van der Waals surface area contributed by atoms with Crippen LogP contribution in [0, 0.1) is 0 Å². The van der Waals surface area contributed by atoms with E-state index in [0.717, 1.165) is 30.5 Å². The van der Waals surface area contributed by atoms with Crippen LogP contribution < -0.4 is 11.1 Å². The number of hydrogen-bond donors (Lipinski definition) is 1. The number of unbranched alkanes of at least 4 members (excludes halogenated alkanes) is 1. The van der Waals surface area contributed by atoms with E-state index < -0.39 is 0 Å². The number of nitrogens with zero attached hydrogens (tertiary/aromatic N) is 1. The summed E-state index contributed by atoms with van der Waals surface area (Å²) >= 11 is 5.30. The fourth-order valence-electron chi connectivity index (χ4n) is 1.76. The highest BCUT2D eigenvalue weighted by Gasteiger charge is 2.08. The number of benzene rings is 1. The van der Waals surface area contributed by atoms with Gasteiger partial charge >= 0.3 is 5.76 Å². The fraction of sp³-hybridized carbons (Fsp3) is 0.385. The third kappa shape index (κ3) is 2.46. The van der Waals surface area contributed by atoms with E-state index in [9.17, 15) is 4.79 Å². The SMILES string of the molecule is CCCCNC(=S)c1ccc2c(c1)oc(=O)n2C. The number of aromatic nitrogens is 1. The Hall–Kier alpha value is -1.62. The molecule has 1 heterocycles. The summed E-state index contributed by atoms with van der Waals surface area (Å²) in [4.78, 5) is 12.1. The van der Waals surface area contributed by atoms with E-state index in [-0.39, 0.29) is 5.76 Å². The van der Waals surface area contributed by atoms with E-state index in [2.05, 4.69) is 12.2 Å². The summed E-state index contributed by atoms with van der Waals surface area (Å²) in [6, 6.07) is 5.56. The molecular weight excluding hydrogens is 248 g/mol. The minimum atomic E-state index is -0.355. The van der Waals surface area contributed by atoms with Crippen molar-refractivity contribution < 1.29 is 4.42 Å². The van der Waals surface area contributed by atoms with Gasteiger partial charge in [0.15, 0.2) is 5.58 Å². The number of nitrogens with one attached hydrogen (secondary N) is 1. The quantitative estimate of drug-likeness (QED) is 0.679. The average molecular weight is 264 g/mol. The van der Waals surface area contributed by atoms with E-state index >= 15 is 0 Å². The number of thiocarbonyl (C=S) groups is 1. The van der Waals surface area contributed by atoms with Crippen LogP contribution in [0.25, 0.3) is 11.1 Å². The fourth-order valence-corrected chi connectivity index (χ4v) is 1.98. The molecule has 0 atom stereocenters. The molecule has 0 unspecified atom stereocenters. The van der Waals surface area contributed by atoms with Gasteiger partial charge in [0.2, 0.25) is 0 Å². The summed E-state index contributed by atoms with van der Waals surface area (Å²) in [7, 11) is 1.69. The smallest absolute Gasteiger partial charge is 0.408 e. The molecule has 2 aromatic rings. The monoisotopic (exact) mass is 264 g/mol. The van der Waals surface area contributed by atoms with Gasteiger partial charge in [-0.15, -0.1) is 0 Å². The number of oxazole rings is 1. The van der Waals surface area contributed by atoms with Crippen LogP contribution in [0.1, 0.15) is 25.3 Å². The van der Waals surface area contributed by atoms with Gasteiger partial charge in [-0.3, -0.25) is 4.57 Å². The normalized spacial score (nSPS) is 10.8. The molecule has 5 heteroatoms. The van der Waals surface area contributed by atoms with Gasteiger partial charge in [-0.1, -0.05) is 25.6 Å². The average Bonchev–Trinajstić information content (AvgIpc) is 2.65. The van der Waals surface area contributed by atoms with Crippen molar-refractivity contribution in [3.63, 3.8) is 0 Å². The second-order valence-corrected chi connectivity index (χ2v) is 4.63. The Labute approximate surface area is 111 Å². The van der Waals surface area contributed by atoms with Gasteiger partial charge in [0.05, 0.1) is 5.52 Å². The van der Waals surface area contributed by atoms with Gasteiger partial charge in [-0.25, -0.2) is 4.79 Å². The van der Waals surface area contributed by atoms with Crippen molar-refractivity contribution in [2.24, 2.45) is 7.05 Å². The molecule has 0 saturated heterocycles. The predicted octanol–water partition coefficient (Wildman–Crippen LogP) is 2.20. The van der Waals surface area contributed by atoms with Crippen molar-refractivity contribution in [1.29, 1.82) is 0 Å². The first kappa shape index (κ1) is 12.8. The van der Waals surface area contributed by atoms with Gasteiger partial charge in [0, 0.05) is 19.2 Å². The minimum absolute atomic E-state index is 0.355. The molecular formula is C13H16N2O2S. The van der Waals surface area contributed by atoms with Crippen LogP contribution in [-0.2, 0) is 7.05 Å². The molecule has 1 aromatic heterocycles. The van der Waals surface area contributed by atoms with Crippen molar-refractivity contribution in [3.8, 4) is 0 Å². The van der Waals surface area contributed by atoms with Crippen LogP contribution in [-0.4, -0.2) is 16.1 Å². The van der Waals surface area contributed by atoms with E-state index in [0.29, 0.717) is 10.6 Å². The van der Waals surface area contributed by atoms with E-state index in [1.54, 1.807) is 13.1 Å². The third-order valence-corrected chi connectivity index (χ3v) is 3.25. The molecule has 0 saturated carbocycles. The lowest BCUT2D eigenvalue weighted by atomic mass is 10.2. The number of fused-ring (bicyclic) bond motifs is 1. The lowest BCUT2D eigenvalue weighted by Gasteiger charge is -2.06. The first-order valence-electron chi connectivity index (χ1n) is 6.01. The molecule has 0 aliphatic heterocycles. The molecule has 2 rings (SSSR count). The van der Waals surface area contributed by atoms with Gasteiger partial charge in [-0.2, -0.15) is 0 Å². The molecule has 0 spiro atoms. The van der Waals surface area contributed by atoms with Gasteiger partial charge < -0.3 is 9.73 Å². The van der Waals surface area contributed by atoms with Crippen LogP contribution in [0.5, 0.6) is 0 Å². The summed E-state index contributed by atoms with van der Waals surface area (Å²) < 4.78 is 6.61. The summed E-state index contributed by atoms with van der Waals surface area (Å²) in [6.07, 6.45) is 2.21. The second kappa shape index (κ2) is 5.35. The zero-order valence-electron chi connectivity index (χ0n) is 10.5. The zero-order valence-corrected chi connectivity index (χ0v) is 11.3.